The van der Waals surface area contributed by atoms with Gasteiger partial charge in [-0.05, 0) is 130 Å². The lowest BCUT2D eigenvalue weighted by molar-refractivity contribution is 0.0591. The Labute approximate surface area is 445 Å². The molecule has 75 heavy (non-hydrogen) atoms. The summed E-state index contributed by atoms with van der Waals surface area (Å²) in [4.78, 5) is 53.9. The number of esters is 2. The third-order valence-corrected chi connectivity index (χ3v) is 11.9. The number of ether oxygens (including phenoxy) is 6. The van der Waals surface area contributed by atoms with Crippen molar-refractivity contribution in [2.45, 2.75) is 0 Å². The maximum Gasteiger partial charge on any atom is 0.339 e. The van der Waals surface area contributed by atoms with Crippen LogP contribution < -0.4 is 40.6 Å². The summed E-state index contributed by atoms with van der Waals surface area (Å²) in [6.45, 7) is 0. The van der Waals surface area contributed by atoms with Crippen LogP contribution in [0.15, 0.2) is 158 Å². The fourth-order valence-electron chi connectivity index (χ4n) is 7.24. The Kier molecular flexibility index (Phi) is 19.3. The first-order chi connectivity index (χ1) is 36.2. The maximum atomic E-state index is 12.0. The topological polar surface area (TPSA) is 252 Å². The molecular weight excluding hydrogens is 1080 g/mol. The van der Waals surface area contributed by atoms with Crippen molar-refractivity contribution in [3.8, 4) is 45.3 Å². The van der Waals surface area contributed by atoms with Crippen molar-refractivity contribution >= 4 is 86.3 Å². The lowest BCUT2D eigenvalue weighted by Gasteiger charge is -2.16. The molecule has 0 bridgehead atoms. The molecule has 0 saturated carbocycles. The number of carboxylic acid groups (broad SMARTS) is 2. The summed E-state index contributed by atoms with van der Waals surface area (Å²) in [5.74, 6) is -0.554. The monoisotopic (exact) mass is 1130 g/mol. The SMILES string of the molecule is COC(=O)c1ccccc1Nc1ccc(-c2ccc(N)c(OC)c2)cc1OC.COC(=O)c1ccncc1I.COc1cc(-c2ccc(Nc3cnccc3C(=O)O)c(OC)c2)ccc1Nc1ccccc1C(=O)O. The van der Waals surface area contributed by atoms with Crippen molar-refractivity contribution in [1.29, 1.82) is 0 Å². The molecule has 8 rings (SSSR count). The number of rotatable bonds is 16. The quantitative estimate of drug-likeness (QED) is 0.0299. The molecule has 384 valence electrons. The summed E-state index contributed by atoms with van der Waals surface area (Å²) in [7, 11) is 8.96. The highest BCUT2D eigenvalue weighted by Gasteiger charge is 2.17. The molecule has 6 aromatic carbocycles. The number of nitrogens with two attached hydrogens (primary N) is 1. The average molecular weight is 1130 g/mol. The Balaban J connectivity index is 0.000000207. The van der Waals surface area contributed by atoms with Gasteiger partial charge < -0.3 is 60.3 Å². The number of anilines is 7. The summed E-state index contributed by atoms with van der Waals surface area (Å²) in [5, 5.41) is 28.3. The number of carboxylic acids is 2. The number of nitrogens with one attached hydrogen (secondary N) is 3. The molecule has 0 atom stereocenters. The highest BCUT2D eigenvalue weighted by Crippen LogP contribution is 2.39. The minimum Gasteiger partial charge on any atom is -0.495 e. The van der Waals surface area contributed by atoms with Crippen LogP contribution in [0.3, 0.4) is 0 Å². The Morgan fingerprint density at radius 3 is 1.27 bits per heavy atom. The third-order valence-electron chi connectivity index (χ3n) is 11.0. The fraction of sp³-hybridized carbons (Fsp3) is 0.107. The molecule has 0 aliphatic heterocycles. The molecule has 0 saturated heterocycles. The van der Waals surface area contributed by atoms with E-state index in [0.717, 1.165) is 31.5 Å². The van der Waals surface area contributed by atoms with E-state index in [1.165, 1.54) is 53.0 Å². The van der Waals surface area contributed by atoms with Gasteiger partial charge in [0.1, 0.15) is 23.0 Å². The van der Waals surface area contributed by atoms with Crippen LogP contribution in [-0.4, -0.2) is 86.7 Å². The van der Waals surface area contributed by atoms with Crippen molar-refractivity contribution in [3.63, 3.8) is 0 Å². The molecule has 0 radical (unpaired) electrons. The molecule has 0 spiro atoms. The first kappa shape index (κ1) is 55.0. The highest BCUT2D eigenvalue weighted by atomic mass is 127. The lowest BCUT2D eigenvalue weighted by atomic mass is 10.0. The second kappa shape index (κ2) is 26.4. The molecule has 2 aromatic heterocycles. The normalized spacial score (nSPS) is 10.2. The van der Waals surface area contributed by atoms with E-state index < -0.39 is 17.9 Å². The van der Waals surface area contributed by atoms with Crippen molar-refractivity contribution in [2.24, 2.45) is 0 Å². The second-order valence-electron chi connectivity index (χ2n) is 15.5. The van der Waals surface area contributed by atoms with Gasteiger partial charge in [0.2, 0.25) is 0 Å². The van der Waals surface area contributed by atoms with Gasteiger partial charge in [0.25, 0.3) is 0 Å². The molecule has 0 fully saturated rings. The van der Waals surface area contributed by atoms with Gasteiger partial charge in [0.05, 0.1) is 111 Å². The zero-order valence-corrected chi connectivity index (χ0v) is 43.5. The standard InChI is InChI=1S/C27H23N3O6.C22H22N2O4.C7H6INO2/c1-35-24-13-16(7-9-21(24)29-20-6-4-3-5-18(20)26(31)32)17-8-10-22(25(14-17)36-2)30-23-15-28-12-11-19(23)27(33)34;1-26-20-12-14(8-10-17(20)23)15-9-11-19(21(13-15)27-2)24-18-7-5-4-6-16(18)22(25)28-3;1-11-7(10)5-2-3-9-4-6(5)8/h3-15,29-30H,1-2H3,(H,31,32)(H,33,34);4-13,24H,23H2,1-3H3;2-4H,1H3. The smallest absolute Gasteiger partial charge is 0.339 e. The largest absolute Gasteiger partial charge is 0.495 e. The summed E-state index contributed by atoms with van der Waals surface area (Å²) in [5.41, 5.74) is 14.6. The van der Waals surface area contributed by atoms with Gasteiger partial charge in [-0.2, -0.15) is 0 Å². The number of carbonyl (C=O) groups excluding carboxylic acids is 2. The lowest BCUT2D eigenvalue weighted by Crippen LogP contribution is -2.06. The number of benzene rings is 6. The average Bonchev–Trinajstić information content (AvgIpc) is 3.44. The van der Waals surface area contributed by atoms with Crippen LogP contribution in [0.5, 0.6) is 23.0 Å². The summed E-state index contributed by atoms with van der Waals surface area (Å²) >= 11 is 2.04. The van der Waals surface area contributed by atoms with E-state index in [-0.39, 0.29) is 17.1 Å². The molecule has 0 aliphatic carbocycles. The van der Waals surface area contributed by atoms with Crippen LogP contribution >= 0.6 is 22.6 Å². The van der Waals surface area contributed by atoms with Gasteiger partial charge in [0, 0.05) is 22.2 Å². The van der Waals surface area contributed by atoms with Crippen LogP contribution in [0.1, 0.15) is 41.4 Å². The molecule has 8 aromatic rings. The van der Waals surface area contributed by atoms with Gasteiger partial charge in [-0.15, -0.1) is 0 Å². The van der Waals surface area contributed by atoms with Gasteiger partial charge in [-0.3, -0.25) is 9.97 Å². The zero-order valence-electron chi connectivity index (χ0n) is 41.3. The van der Waals surface area contributed by atoms with Crippen LogP contribution in [0.2, 0.25) is 0 Å². The highest BCUT2D eigenvalue weighted by molar-refractivity contribution is 14.1. The van der Waals surface area contributed by atoms with Crippen molar-refractivity contribution in [3.05, 3.63) is 184 Å². The van der Waals surface area contributed by atoms with E-state index in [1.807, 2.05) is 89.3 Å². The number of aromatic nitrogens is 2. The molecule has 19 heteroatoms. The van der Waals surface area contributed by atoms with E-state index in [1.54, 1.807) is 81.2 Å². The maximum absolute atomic E-state index is 12.0. The molecule has 0 unspecified atom stereocenters. The minimum atomic E-state index is -1.07. The number of carbonyl (C=O) groups is 4. The second-order valence-corrected chi connectivity index (χ2v) is 16.7. The first-order valence-electron chi connectivity index (χ1n) is 22.4. The van der Waals surface area contributed by atoms with Crippen LogP contribution in [-0.2, 0) is 9.47 Å². The Morgan fingerprint density at radius 2 is 0.813 bits per heavy atom. The summed E-state index contributed by atoms with van der Waals surface area (Å²) in [6, 6.07) is 39.2. The first-order valence-corrected chi connectivity index (χ1v) is 23.5. The predicted octanol–water partition coefficient (Wildman–Crippen LogP) is 11.6. The predicted molar refractivity (Wildman–Crippen MR) is 295 cm³/mol. The number of hydrogen-bond donors (Lipinski definition) is 6. The number of para-hydroxylation sites is 2. The van der Waals surface area contributed by atoms with Gasteiger partial charge in [0.15, 0.2) is 0 Å². The number of aromatic carboxylic acids is 2. The number of pyridine rings is 2. The van der Waals surface area contributed by atoms with E-state index in [0.29, 0.717) is 68.2 Å². The minimum absolute atomic E-state index is 0.0911. The Hall–Kier alpha value is -9.37. The van der Waals surface area contributed by atoms with Crippen LogP contribution in [0.25, 0.3) is 22.3 Å². The molecule has 7 N–H and O–H groups in total. The van der Waals surface area contributed by atoms with E-state index in [2.05, 4.69) is 30.7 Å². The van der Waals surface area contributed by atoms with Gasteiger partial charge in [-0.1, -0.05) is 48.5 Å². The Bertz CT molecular complexity index is 3230. The number of nitrogen functional groups attached to an aromatic ring is 1. The van der Waals surface area contributed by atoms with Gasteiger partial charge in [-0.25, -0.2) is 19.2 Å². The summed E-state index contributed by atoms with van der Waals surface area (Å²) in [6.07, 6.45) is 6.04. The van der Waals surface area contributed by atoms with E-state index in [9.17, 15) is 29.4 Å². The molecule has 0 amide bonds. The van der Waals surface area contributed by atoms with Crippen molar-refractivity contribution in [1.82, 2.24) is 9.97 Å². The molecule has 0 aliphatic rings. The molecule has 2 heterocycles. The zero-order chi connectivity index (χ0) is 54.0. The van der Waals surface area contributed by atoms with Gasteiger partial charge >= 0.3 is 23.9 Å². The number of nitrogens with zero attached hydrogens (tertiary/aromatic N) is 2. The van der Waals surface area contributed by atoms with Crippen molar-refractivity contribution in [2.75, 3.05) is 64.3 Å². The third kappa shape index (κ3) is 14.0. The molecule has 18 nitrogen and oxygen atoms in total. The Morgan fingerprint density at radius 1 is 0.440 bits per heavy atom. The molecular formula is C56H51IN6O12. The van der Waals surface area contributed by atoms with E-state index >= 15 is 0 Å². The van der Waals surface area contributed by atoms with Crippen LogP contribution in [0.4, 0.5) is 39.8 Å². The number of halogens is 1. The fourth-order valence-corrected chi connectivity index (χ4v) is 7.80. The van der Waals surface area contributed by atoms with E-state index in [4.69, 9.17) is 29.4 Å². The number of hydrogen-bond acceptors (Lipinski definition) is 16. The summed E-state index contributed by atoms with van der Waals surface area (Å²) < 4.78 is 32.2. The number of methoxy groups -OCH3 is 6. The van der Waals surface area contributed by atoms with Crippen LogP contribution in [0, 0.1) is 3.57 Å². The van der Waals surface area contributed by atoms with Crippen molar-refractivity contribution < 1.29 is 57.8 Å².